The van der Waals surface area contributed by atoms with E-state index < -0.39 is 0 Å². The van der Waals surface area contributed by atoms with Crippen molar-refractivity contribution in [3.05, 3.63) is 0 Å². The molecule has 1 rings (SSSR count). The van der Waals surface area contributed by atoms with Crippen molar-refractivity contribution in [2.24, 2.45) is 11.1 Å². The van der Waals surface area contributed by atoms with Gasteiger partial charge >= 0.3 is 0 Å². The molecule has 0 amide bonds. The summed E-state index contributed by atoms with van der Waals surface area (Å²) < 4.78 is 10.3. The highest BCUT2D eigenvalue weighted by atomic mass is 16.7. The summed E-state index contributed by atoms with van der Waals surface area (Å²) in [5.41, 5.74) is 5.75. The van der Waals surface area contributed by atoms with Gasteiger partial charge in [-0.3, -0.25) is 0 Å². The molecule has 0 spiro atoms. The van der Waals surface area contributed by atoms with Crippen LogP contribution in [0.5, 0.6) is 0 Å². The van der Waals surface area contributed by atoms with Crippen LogP contribution in [-0.2, 0) is 9.47 Å². The second-order valence-corrected chi connectivity index (χ2v) is 3.26. The van der Waals surface area contributed by atoms with E-state index in [4.69, 9.17) is 15.2 Å². The number of hydrogen-bond donors (Lipinski definition) is 1. The highest BCUT2D eigenvalue weighted by Crippen LogP contribution is 2.23. The quantitative estimate of drug-likeness (QED) is 0.579. The van der Waals surface area contributed by atoms with Crippen molar-refractivity contribution in [2.75, 3.05) is 20.0 Å². The van der Waals surface area contributed by atoms with Gasteiger partial charge in [0.05, 0.1) is 13.2 Å². The van der Waals surface area contributed by atoms with Gasteiger partial charge in [-0.05, 0) is 6.92 Å². The number of ether oxygens (including phenoxy) is 2. The largest absolute Gasteiger partial charge is 0.355 e. The van der Waals surface area contributed by atoms with Gasteiger partial charge in [0, 0.05) is 11.5 Å². The zero-order chi connectivity index (χ0) is 7.61. The molecule has 10 heavy (non-hydrogen) atoms. The van der Waals surface area contributed by atoms with Gasteiger partial charge in [0.25, 0.3) is 0 Å². The molecule has 1 heterocycles. The summed E-state index contributed by atoms with van der Waals surface area (Å²) in [4.78, 5) is 0. The van der Waals surface area contributed by atoms with Crippen molar-refractivity contribution >= 4 is 0 Å². The molecule has 1 atom stereocenters. The fourth-order valence-corrected chi connectivity index (χ4v) is 0.913. The van der Waals surface area contributed by atoms with Gasteiger partial charge < -0.3 is 15.2 Å². The van der Waals surface area contributed by atoms with Gasteiger partial charge in [-0.1, -0.05) is 6.92 Å². The second kappa shape index (κ2) is 2.86. The summed E-state index contributed by atoms with van der Waals surface area (Å²) >= 11 is 0. The minimum atomic E-state index is 0.0122. The molecule has 1 fully saturated rings. The van der Waals surface area contributed by atoms with Crippen LogP contribution in [0.1, 0.15) is 13.8 Å². The maximum absolute atomic E-state index is 5.74. The van der Waals surface area contributed by atoms with Crippen LogP contribution in [0.4, 0.5) is 0 Å². The molecular weight excluding hydrogens is 130 g/mol. The molecule has 0 radical (unpaired) electrons. The topological polar surface area (TPSA) is 44.5 Å². The molecule has 60 valence electrons. The van der Waals surface area contributed by atoms with Gasteiger partial charge in [-0.25, -0.2) is 0 Å². The maximum Gasteiger partial charge on any atom is 0.146 e. The Bertz CT molecular complexity index is 108. The molecule has 0 bridgehead atoms. The summed E-state index contributed by atoms with van der Waals surface area (Å²) in [5, 5.41) is 0. The Kier molecular flexibility index (Phi) is 2.28. The van der Waals surface area contributed by atoms with E-state index in [1.807, 2.05) is 6.92 Å². The molecule has 2 N–H and O–H groups in total. The van der Waals surface area contributed by atoms with Crippen LogP contribution in [0.25, 0.3) is 0 Å². The van der Waals surface area contributed by atoms with Crippen molar-refractivity contribution in [2.45, 2.75) is 19.9 Å². The molecule has 1 saturated heterocycles. The molecular formula is C7H15NO2. The fourth-order valence-electron chi connectivity index (χ4n) is 0.913. The van der Waals surface area contributed by atoms with Crippen LogP contribution in [-0.4, -0.2) is 26.0 Å². The van der Waals surface area contributed by atoms with Crippen LogP contribution < -0.4 is 5.73 Å². The normalized spacial score (nSPS) is 27.9. The number of hydrogen-bond acceptors (Lipinski definition) is 3. The summed E-state index contributed by atoms with van der Waals surface area (Å²) in [7, 11) is 0. The van der Waals surface area contributed by atoms with E-state index in [0.717, 1.165) is 0 Å². The zero-order valence-electron chi connectivity index (χ0n) is 6.59. The first-order valence-corrected chi connectivity index (χ1v) is 3.56. The lowest BCUT2D eigenvalue weighted by molar-refractivity contribution is -0.163. The van der Waals surface area contributed by atoms with E-state index >= 15 is 0 Å². The Labute approximate surface area is 61.5 Å². The lowest BCUT2D eigenvalue weighted by atomic mass is 9.85. The minimum absolute atomic E-state index is 0.0122. The van der Waals surface area contributed by atoms with E-state index in [0.29, 0.717) is 20.0 Å². The zero-order valence-corrected chi connectivity index (χ0v) is 6.59. The van der Waals surface area contributed by atoms with Crippen molar-refractivity contribution in [1.82, 2.24) is 0 Å². The minimum Gasteiger partial charge on any atom is -0.355 e. The predicted octanol–water partition coefficient (Wildman–Crippen LogP) is 0.344. The van der Waals surface area contributed by atoms with Gasteiger partial charge in [-0.2, -0.15) is 0 Å². The van der Waals surface area contributed by atoms with E-state index in [1.165, 1.54) is 0 Å². The van der Waals surface area contributed by atoms with Crippen molar-refractivity contribution in [3.63, 3.8) is 0 Å². The summed E-state index contributed by atoms with van der Waals surface area (Å²) in [5.74, 6) is 0. The van der Waals surface area contributed by atoms with Crippen LogP contribution in [0, 0.1) is 5.41 Å². The lowest BCUT2D eigenvalue weighted by Crippen LogP contribution is -2.47. The molecule has 1 aliphatic rings. The Morgan fingerprint density at radius 1 is 1.40 bits per heavy atom. The molecule has 1 aliphatic heterocycles. The first-order valence-electron chi connectivity index (χ1n) is 3.56. The average molecular weight is 145 g/mol. The SMILES string of the molecule is C[C@@H](N)C1(C)COCOC1. The second-order valence-electron chi connectivity index (χ2n) is 3.26. The highest BCUT2D eigenvalue weighted by Gasteiger charge is 2.32. The van der Waals surface area contributed by atoms with E-state index in [-0.39, 0.29) is 11.5 Å². The Morgan fingerprint density at radius 3 is 2.20 bits per heavy atom. The summed E-state index contributed by atoms with van der Waals surface area (Å²) in [6.45, 7) is 5.91. The van der Waals surface area contributed by atoms with Gasteiger partial charge in [0.15, 0.2) is 0 Å². The van der Waals surface area contributed by atoms with Gasteiger partial charge in [0.2, 0.25) is 0 Å². The Hall–Kier alpha value is -0.120. The van der Waals surface area contributed by atoms with E-state index in [1.54, 1.807) is 0 Å². The molecule has 0 saturated carbocycles. The molecule has 0 aromatic heterocycles. The van der Waals surface area contributed by atoms with Crippen LogP contribution in [0.3, 0.4) is 0 Å². The Morgan fingerprint density at radius 2 is 1.90 bits per heavy atom. The summed E-state index contributed by atoms with van der Waals surface area (Å²) in [6, 6.07) is 0.132. The molecule has 0 aromatic rings. The highest BCUT2D eigenvalue weighted by molar-refractivity contribution is 4.83. The third-order valence-electron chi connectivity index (χ3n) is 2.13. The Balaban J connectivity index is 2.48. The lowest BCUT2D eigenvalue weighted by Gasteiger charge is -2.36. The smallest absolute Gasteiger partial charge is 0.146 e. The fraction of sp³-hybridized carbons (Fsp3) is 1.00. The molecule has 0 unspecified atom stereocenters. The molecule has 0 aliphatic carbocycles. The van der Waals surface area contributed by atoms with Crippen molar-refractivity contribution < 1.29 is 9.47 Å². The van der Waals surface area contributed by atoms with Gasteiger partial charge in [0.1, 0.15) is 6.79 Å². The standard InChI is InChI=1S/C7H15NO2/c1-6(8)7(2)3-9-5-10-4-7/h6H,3-5,8H2,1-2H3/t6-/m1/s1. The van der Waals surface area contributed by atoms with Crippen LogP contribution in [0.2, 0.25) is 0 Å². The average Bonchev–Trinajstić information content (AvgIpc) is 1.89. The maximum atomic E-state index is 5.74. The first-order chi connectivity index (χ1) is 4.65. The van der Waals surface area contributed by atoms with Crippen molar-refractivity contribution in [3.8, 4) is 0 Å². The van der Waals surface area contributed by atoms with Gasteiger partial charge in [-0.15, -0.1) is 0 Å². The third kappa shape index (κ3) is 1.48. The monoisotopic (exact) mass is 145 g/mol. The van der Waals surface area contributed by atoms with Crippen molar-refractivity contribution in [1.29, 1.82) is 0 Å². The number of rotatable bonds is 1. The van der Waals surface area contributed by atoms with E-state index in [9.17, 15) is 0 Å². The summed E-state index contributed by atoms with van der Waals surface area (Å²) in [6.07, 6.45) is 0. The number of nitrogens with two attached hydrogens (primary N) is 1. The molecule has 3 heteroatoms. The molecule has 3 nitrogen and oxygen atoms in total. The van der Waals surface area contributed by atoms with Crippen LogP contribution in [0.15, 0.2) is 0 Å². The van der Waals surface area contributed by atoms with E-state index in [2.05, 4.69) is 6.92 Å². The van der Waals surface area contributed by atoms with Crippen LogP contribution >= 0.6 is 0 Å². The predicted molar refractivity (Wildman–Crippen MR) is 38.5 cm³/mol. The third-order valence-corrected chi connectivity index (χ3v) is 2.13. The first kappa shape index (κ1) is 7.98. The molecule has 0 aromatic carbocycles.